The molecule has 0 unspecified atom stereocenters. The van der Waals surface area contributed by atoms with E-state index in [1.807, 2.05) is 13.1 Å². The number of benzene rings is 1. The van der Waals surface area contributed by atoms with Crippen LogP contribution in [-0.2, 0) is 11.8 Å². The highest BCUT2D eigenvalue weighted by Crippen LogP contribution is 2.64. The number of nitrogens with zero attached hydrogens (tertiary/aromatic N) is 1. The molecule has 0 amide bonds. The Balaban J connectivity index is 1.79. The molecule has 124 valence electrons. The van der Waals surface area contributed by atoms with Crippen LogP contribution >= 0.6 is 0 Å². The van der Waals surface area contributed by atoms with Crippen molar-refractivity contribution < 1.29 is 19.2 Å². The largest absolute Gasteiger partial charge is 0.633 e. The molecule has 2 aliphatic carbocycles. The number of likely N-dealkylation sites (N-methyl/N-ethyl adjacent to an activating group) is 1. The van der Waals surface area contributed by atoms with E-state index in [2.05, 4.69) is 6.07 Å². The molecule has 0 aromatic heterocycles. The second-order valence-electron chi connectivity index (χ2n) is 7.88. The van der Waals surface area contributed by atoms with Crippen LogP contribution in [0.5, 0.6) is 11.5 Å². The van der Waals surface area contributed by atoms with Gasteiger partial charge in [0.1, 0.15) is 6.10 Å². The highest BCUT2D eigenvalue weighted by Gasteiger charge is 2.67. The number of aliphatic hydroxyl groups excluding tert-OH is 1. The lowest BCUT2D eigenvalue weighted by Gasteiger charge is -2.63. The van der Waals surface area contributed by atoms with E-state index in [9.17, 15) is 10.3 Å². The Morgan fingerprint density at radius 1 is 1.39 bits per heavy atom. The van der Waals surface area contributed by atoms with Gasteiger partial charge in [-0.15, -0.1) is 0 Å². The first kappa shape index (κ1) is 14.1. The molecule has 4 aliphatic rings. The van der Waals surface area contributed by atoms with Crippen molar-refractivity contribution in [2.75, 3.05) is 20.7 Å². The number of methoxy groups -OCH3 is 1. The van der Waals surface area contributed by atoms with Crippen LogP contribution in [0.4, 0.5) is 0 Å². The van der Waals surface area contributed by atoms with Gasteiger partial charge in [-0.1, -0.05) is 6.07 Å². The van der Waals surface area contributed by atoms with E-state index in [4.69, 9.17) is 9.47 Å². The Morgan fingerprint density at radius 3 is 3.00 bits per heavy atom. The summed E-state index contributed by atoms with van der Waals surface area (Å²) in [5.74, 6) is 1.87. The molecule has 0 radical (unpaired) electrons. The third-order valence-electron chi connectivity index (χ3n) is 6.99. The number of hydrogen-bond donors (Lipinski definition) is 1. The number of rotatable bonds is 1. The van der Waals surface area contributed by atoms with Gasteiger partial charge >= 0.3 is 0 Å². The smallest absolute Gasteiger partial charge is 0.165 e. The van der Waals surface area contributed by atoms with Gasteiger partial charge in [0.15, 0.2) is 11.5 Å². The van der Waals surface area contributed by atoms with Crippen molar-refractivity contribution in [3.05, 3.63) is 28.5 Å². The molecule has 2 aliphatic heterocycles. The zero-order valence-corrected chi connectivity index (χ0v) is 13.6. The average Bonchev–Trinajstić information content (AvgIpc) is 2.88. The molecule has 5 rings (SSSR count). The second kappa shape index (κ2) is 4.21. The van der Waals surface area contributed by atoms with Crippen molar-refractivity contribution >= 4 is 0 Å². The van der Waals surface area contributed by atoms with Crippen molar-refractivity contribution in [2.45, 2.75) is 49.3 Å². The minimum Gasteiger partial charge on any atom is -0.633 e. The normalized spacial score (nSPS) is 46.1. The number of hydroxylamine groups is 3. The number of hydrogen-bond acceptors (Lipinski definition) is 4. The van der Waals surface area contributed by atoms with Gasteiger partial charge in [0.05, 0.1) is 38.3 Å². The molecule has 2 bridgehead atoms. The highest BCUT2D eigenvalue weighted by atomic mass is 16.5. The lowest BCUT2D eigenvalue weighted by Crippen LogP contribution is -2.70. The Hall–Kier alpha value is -1.30. The fourth-order valence-corrected chi connectivity index (χ4v) is 6.02. The molecular formula is C18H23NO4. The van der Waals surface area contributed by atoms with Crippen molar-refractivity contribution in [3.8, 4) is 11.5 Å². The van der Waals surface area contributed by atoms with Crippen LogP contribution in [0.15, 0.2) is 12.1 Å². The van der Waals surface area contributed by atoms with Crippen molar-refractivity contribution in [2.24, 2.45) is 5.92 Å². The number of likely N-dealkylation sites (tertiary alicyclic amines) is 1. The van der Waals surface area contributed by atoms with Gasteiger partial charge in [0.25, 0.3) is 0 Å². The Labute approximate surface area is 136 Å². The quantitative estimate of drug-likeness (QED) is 0.633. The van der Waals surface area contributed by atoms with E-state index in [1.54, 1.807) is 7.11 Å². The maximum Gasteiger partial charge on any atom is 0.165 e. The van der Waals surface area contributed by atoms with Gasteiger partial charge < -0.3 is 24.4 Å². The van der Waals surface area contributed by atoms with Crippen LogP contribution in [0.25, 0.3) is 0 Å². The number of piperidine rings is 1. The summed E-state index contributed by atoms with van der Waals surface area (Å²) in [7, 11) is 3.48. The predicted molar refractivity (Wildman–Crippen MR) is 84.3 cm³/mol. The molecule has 1 N–H and O–H groups in total. The van der Waals surface area contributed by atoms with E-state index < -0.39 is 6.10 Å². The first-order valence-corrected chi connectivity index (χ1v) is 8.60. The van der Waals surface area contributed by atoms with E-state index in [0.29, 0.717) is 12.5 Å². The third-order valence-corrected chi connectivity index (χ3v) is 6.99. The van der Waals surface area contributed by atoms with Crippen molar-refractivity contribution in [3.63, 3.8) is 0 Å². The SMILES string of the molecule is COc1ccc2c3c1O[C@H]1[C@H](O)CC[C@H]4[C@@H](C2)[N@@+](C)([O-])CC[C@@]341. The molecule has 1 saturated carbocycles. The minimum absolute atomic E-state index is 0.0780. The fourth-order valence-electron chi connectivity index (χ4n) is 6.02. The van der Waals surface area contributed by atoms with Gasteiger partial charge in [-0.3, -0.25) is 0 Å². The molecule has 1 aromatic carbocycles. The van der Waals surface area contributed by atoms with E-state index in [-0.39, 0.29) is 22.2 Å². The molecule has 1 saturated heterocycles. The summed E-state index contributed by atoms with van der Waals surface area (Å²) in [5, 5.41) is 23.7. The maximum atomic E-state index is 13.1. The monoisotopic (exact) mass is 317 g/mol. The average molecular weight is 317 g/mol. The summed E-state index contributed by atoms with van der Waals surface area (Å²) >= 11 is 0. The molecule has 6 atom stereocenters. The van der Waals surface area contributed by atoms with Crippen LogP contribution in [0, 0.1) is 11.1 Å². The number of quaternary nitrogens is 1. The van der Waals surface area contributed by atoms with Crippen LogP contribution in [0.2, 0.25) is 0 Å². The summed E-state index contributed by atoms with van der Waals surface area (Å²) in [4.78, 5) is 0. The zero-order chi connectivity index (χ0) is 16.0. The first-order valence-electron chi connectivity index (χ1n) is 8.60. The summed E-state index contributed by atoms with van der Waals surface area (Å²) in [6, 6.07) is 4.12. The van der Waals surface area contributed by atoms with Crippen LogP contribution in [-0.4, -0.2) is 48.7 Å². The van der Waals surface area contributed by atoms with Crippen LogP contribution in [0.3, 0.4) is 0 Å². The molecule has 2 heterocycles. The Morgan fingerprint density at radius 2 is 2.22 bits per heavy atom. The molecule has 1 aromatic rings. The summed E-state index contributed by atoms with van der Waals surface area (Å²) in [5.41, 5.74) is 2.27. The minimum atomic E-state index is -0.460. The molecule has 23 heavy (non-hydrogen) atoms. The van der Waals surface area contributed by atoms with Crippen molar-refractivity contribution in [1.82, 2.24) is 0 Å². The number of ether oxygens (including phenoxy) is 2. The lowest BCUT2D eigenvalue weighted by atomic mass is 9.51. The molecule has 5 nitrogen and oxygen atoms in total. The standard InChI is InChI=1S/C18H23NO4/c1-19(21)8-7-18-11-4-5-13(20)17(18)23-16-14(22-2)6-3-10(15(16)18)9-12(11)19/h3,6,11-13,17,20H,4-5,7-9H2,1-2H3/t11-,12+,13+,17-,18-,19-/m0/s1. The first-order chi connectivity index (χ1) is 11.0. The van der Waals surface area contributed by atoms with Gasteiger partial charge in [-0.2, -0.15) is 0 Å². The lowest BCUT2D eigenvalue weighted by molar-refractivity contribution is -0.899. The molecule has 1 spiro atoms. The molecular weight excluding hydrogens is 294 g/mol. The summed E-state index contributed by atoms with van der Waals surface area (Å²) in [6.07, 6.45) is 2.55. The van der Waals surface area contributed by atoms with Crippen LogP contribution < -0.4 is 9.47 Å². The van der Waals surface area contributed by atoms with Crippen molar-refractivity contribution in [1.29, 1.82) is 0 Å². The van der Waals surface area contributed by atoms with Gasteiger partial charge in [0.2, 0.25) is 0 Å². The van der Waals surface area contributed by atoms with E-state index in [1.165, 1.54) is 11.1 Å². The van der Waals surface area contributed by atoms with Gasteiger partial charge in [-0.25, -0.2) is 0 Å². The summed E-state index contributed by atoms with van der Waals surface area (Å²) < 4.78 is 11.7. The topological polar surface area (TPSA) is 61.8 Å². The second-order valence-corrected chi connectivity index (χ2v) is 7.88. The fraction of sp³-hybridized carbons (Fsp3) is 0.667. The van der Waals surface area contributed by atoms with Gasteiger partial charge in [-0.05, 0) is 24.5 Å². The van der Waals surface area contributed by atoms with Gasteiger partial charge in [0, 0.05) is 24.3 Å². The van der Waals surface area contributed by atoms with E-state index >= 15 is 0 Å². The summed E-state index contributed by atoms with van der Waals surface area (Å²) in [6.45, 7) is 0.601. The maximum absolute atomic E-state index is 13.1. The zero-order valence-electron chi connectivity index (χ0n) is 13.6. The predicted octanol–water partition coefficient (Wildman–Crippen LogP) is 1.74. The molecule has 5 heteroatoms. The Kier molecular flexibility index (Phi) is 2.57. The molecule has 2 fully saturated rings. The number of aliphatic hydroxyl groups is 1. The van der Waals surface area contributed by atoms with Crippen LogP contribution in [0.1, 0.15) is 30.4 Å². The highest BCUT2D eigenvalue weighted by molar-refractivity contribution is 5.60. The third kappa shape index (κ3) is 1.49. The Bertz CT molecular complexity index is 688. The van der Waals surface area contributed by atoms with E-state index in [0.717, 1.165) is 37.2 Å².